The third kappa shape index (κ3) is 2.70. The topological polar surface area (TPSA) is 29.1 Å². The maximum atomic E-state index is 12.6. The van der Waals surface area contributed by atoms with Crippen LogP contribution in [0.15, 0.2) is 18.2 Å². The van der Waals surface area contributed by atoms with Gasteiger partial charge in [-0.1, -0.05) is 18.5 Å². The van der Waals surface area contributed by atoms with Crippen LogP contribution in [-0.4, -0.2) is 5.91 Å². The van der Waals surface area contributed by atoms with E-state index in [1.165, 1.54) is 12.1 Å². The number of benzene rings is 1. The lowest BCUT2D eigenvalue weighted by Gasteiger charge is -2.04. The minimum absolute atomic E-state index is 0.145. The van der Waals surface area contributed by atoms with Crippen molar-refractivity contribution in [3.05, 3.63) is 29.0 Å². The van der Waals surface area contributed by atoms with Crippen LogP contribution in [0.25, 0.3) is 0 Å². The second kappa shape index (κ2) is 4.23. The Morgan fingerprint density at radius 3 is 2.85 bits per heavy atom. The van der Waals surface area contributed by atoms with E-state index in [0.29, 0.717) is 12.1 Å². The molecule has 1 amide bonds. The van der Waals surface area contributed by atoms with Crippen molar-refractivity contribution in [3.8, 4) is 0 Å². The average Bonchev–Trinajstić information content (AvgIpc) is 2.09. The Labute approximate surface area is 80.7 Å². The third-order valence-electron chi connectivity index (χ3n) is 1.53. The molecule has 4 heteroatoms. The van der Waals surface area contributed by atoms with Gasteiger partial charge in [0.05, 0.1) is 10.7 Å². The zero-order valence-electron chi connectivity index (χ0n) is 7.10. The van der Waals surface area contributed by atoms with E-state index in [-0.39, 0.29) is 10.9 Å². The van der Waals surface area contributed by atoms with Crippen molar-refractivity contribution >= 4 is 23.2 Å². The standard InChI is InChI=1S/C9H9ClFNO/c1-2-9(13)12-8-4-3-6(11)5-7(8)10/h3-5H,2H2,1H3,(H,12,13). The lowest BCUT2D eigenvalue weighted by Crippen LogP contribution is -2.09. The lowest BCUT2D eigenvalue weighted by atomic mass is 10.3. The second-order valence-corrected chi connectivity index (χ2v) is 2.93. The summed E-state index contributed by atoms with van der Waals surface area (Å²) in [7, 11) is 0. The van der Waals surface area contributed by atoms with Crippen LogP contribution < -0.4 is 5.32 Å². The Balaban J connectivity index is 2.83. The number of hydrogen-bond donors (Lipinski definition) is 1. The molecular formula is C9H9ClFNO. The number of carbonyl (C=O) groups excluding carboxylic acids is 1. The Morgan fingerprint density at radius 2 is 2.31 bits per heavy atom. The first-order valence-electron chi connectivity index (χ1n) is 3.88. The predicted octanol–water partition coefficient (Wildman–Crippen LogP) is 2.83. The molecule has 0 saturated carbocycles. The quantitative estimate of drug-likeness (QED) is 0.783. The normalized spacial score (nSPS) is 9.77. The fourth-order valence-electron chi connectivity index (χ4n) is 0.829. The summed E-state index contributed by atoms with van der Waals surface area (Å²) in [5.74, 6) is -0.562. The van der Waals surface area contributed by atoms with Crippen LogP contribution >= 0.6 is 11.6 Å². The van der Waals surface area contributed by atoms with Crippen molar-refractivity contribution in [3.63, 3.8) is 0 Å². The average molecular weight is 202 g/mol. The summed E-state index contributed by atoms with van der Waals surface area (Å²) >= 11 is 5.68. The molecule has 0 radical (unpaired) electrons. The fraction of sp³-hybridized carbons (Fsp3) is 0.222. The third-order valence-corrected chi connectivity index (χ3v) is 1.84. The smallest absolute Gasteiger partial charge is 0.224 e. The van der Waals surface area contributed by atoms with E-state index in [1.54, 1.807) is 6.92 Å². The molecule has 2 nitrogen and oxygen atoms in total. The number of amides is 1. The fourth-order valence-corrected chi connectivity index (χ4v) is 1.04. The van der Waals surface area contributed by atoms with Crippen LogP contribution in [0.1, 0.15) is 13.3 Å². The van der Waals surface area contributed by atoms with Gasteiger partial charge in [0, 0.05) is 6.42 Å². The Hall–Kier alpha value is -1.09. The molecule has 0 heterocycles. The van der Waals surface area contributed by atoms with Crippen molar-refractivity contribution in [2.45, 2.75) is 13.3 Å². The van der Waals surface area contributed by atoms with E-state index >= 15 is 0 Å². The summed E-state index contributed by atoms with van der Waals surface area (Å²) in [5, 5.41) is 2.76. The molecule has 0 fully saturated rings. The largest absolute Gasteiger partial charge is 0.325 e. The highest BCUT2D eigenvalue weighted by Crippen LogP contribution is 2.22. The van der Waals surface area contributed by atoms with Crippen LogP contribution in [0, 0.1) is 5.82 Å². The van der Waals surface area contributed by atoms with Gasteiger partial charge in [0.2, 0.25) is 5.91 Å². The molecule has 0 atom stereocenters. The summed E-state index contributed by atoms with van der Waals surface area (Å²) in [4.78, 5) is 11.0. The van der Waals surface area contributed by atoms with Crippen molar-refractivity contribution in [2.24, 2.45) is 0 Å². The number of halogens is 2. The van der Waals surface area contributed by atoms with E-state index in [9.17, 15) is 9.18 Å². The van der Waals surface area contributed by atoms with Gasteiger partial charge in [-0.3, -0.25) is 4.79 Å². The molecule has 1 N–H and O–H groups in total. The molecule has 0 aliphatic carbocycles. The van der Waals surface area contributed by atoms with E-state index in [4.69, 9.17) is 11.6 Å². The monoisotopic (exact) mass is 201 g/mol. The SMILES string of the molecule is CCC(=O)Nc1ccc(F)cc1Cl. The Morgan fingerprint density at radius 1 is 1.62 bits per heavy atom. The summed E-state index contributed by atoms with van der Waals surface area (Å²) in [5.41, 5.74) is 0.440. The first kappa shape index (κ1) is 9.99. The second-order valence-electron chi connectivity index (χ2n) is 2.53. The van der Waals surface area contributed by atoms with Gasteiger partial charge in [-0.2, -0.15) is 0 Å². The summed E-state index contributed by atoms with van der Waals surface area (Å²) in [6.07, 6.45) is 0.369. The zero-order valence-corrected chi connectivity index (χ0v) is 7.86. The molecule has 0 unspecified atom stereocenters. The van der Waals surface area contributed by atoms with Gasteiger partial charge < -0.3 is 5.32 Å². The number of rotatable bonds is 2. The molecule has 13 heavy (non-hydrogen) atoms. The number of carbonyl (C=O) groups is 1. The van der Waals surface area contributed by atoms with Crippen LogP contribution in [0.4, 0.5) is 10.1 Å². The van der Waals surface area contributed by atoms with Gasteiger partial charge in [-0.15, -0.1) is 0 Å². The minimum Gasteiger partial charge on any atom is -0.325 e. The van der Waals surface area contributed by atoms with E-state index in [0.717, 1.165) is 6.07 Å². The van der Waals surface area contributed by atoms with Gasteiger partial charge in [-0.25, -0.2) is 4.39 Å². The van der Waals surface area contributed by atoms with Crippen LogP contribution in [0.5, 0.6) is 0 Å². The molecule has 0 aromatic heterocycles. The number of hydrogen-bond acceptors (Lipinski definition) is 1. The molecule has 70 valence electrons. The molecule has 0 bridgehead atoms. The van der Waals surface area contributed by atoms with Gasteiger partial charge in [-0.05, 0) is 18.2 Å². The Kier molecular flexibility index (Phi) is 3.25. The predicted molar refractivity (Wildman–Crippen MR) is 50.3 cm³/mol. The van der Waals surface area contributed by atoms with Gasteiger partial charge in [0.1, 0.15) is 5.82 Å². The number of anilines is 1. The van der Waals surface area contributed by atoms with Gasteiger partial charge in [0.15, 0.2) is 0 Å². The van der Waals surface area contributed by atoms with E-state index in [1.807, 2.05) is 0 Å². The molecule has 1 aromatic carbocycles. The Bertz CT molecular complexity index is 327. The van der Waals surface area contributed by atoms with Crippen LogP contribution in [0.2, 0.25) is 5.02 Å². The van der Waals surface area contributed by atoms with Crippen molar-refractivity contribution in [1.29, 1.82) is 0 Å². The van der Waals surface area contributed by atoms with E-state index in [2.05, 4.69) is 5.32 Å². The minimum atomic E-state index is -0.417. The maximum absolute atomic E-state index is 12.6. The van der Waals surface area contributed by atoms with Crippen LogP contribution in [-0.2, 0) is 4.79 Å². The molecule has 1 aromatic rings. The molecular weight excluding hydrogens is 193 g/mol. The lowest BCUT2D eigenvalue weighted by molar-refractivity contribution is -0.115. The first-order valence-corrected chi connectivity index (χ1v) is 4.26. The highest BCUT2D eigenvalue weighted by Gasteiger charge is 2.04. The van der Waals surface area contributed by atoms with Crippen LogP contribution in [0.3, 0.4) is 0 Å². The molecule has 1 rings (SSSR count). The summed E-state index contributed by atoms with van der Waals surface area (Å²) < 4.78 is 12.6. The van der Waals surface area contributed by atoms with Crippen molar-refractivity contribution in [2.75, 3.05) is 5.32 Å². The molecule has 0 aliphatic rings. The molecule has 0 spiro atoms. The van der Waals surface area contributed by atoms with Gasteiger partial charge >= 0.3 is 0 Å². The summed E-state index contributed by atoms with van der Waals surface area (Å²) in [6.45, 7) is 1.73. The zero-order chi connectivity index (χ0) is 9.84. The summed E-state index contributed by atoms with van der Waals surface area (Å²) in [6, 6.07) is 3.84. The molecule has 0 saturated heterocycles. The first-order chi connectivity index (χ1) is 6.13. The number of nitrogens with one attached hydrogen (secondary N) is 1. The highest BCUT2D eigenvalue weighted by atomic mass is 35.5. The highest BCUT2D eigenvalue weighted by molar-refractivity contribution is 6.33. The molecule has 0 aliphatic heterocycles. The van der Waals surface area contributed by atoms with E-state index < -0.39 is 5.82 Å². The maximum Gasteiger partial charge on any atom is 0.224 e. The van der Waals surface area contributed by atoms with Crippen molar-refractivity contribution in [1.82, 2.24) is 0 Å². The van der Waals surface area contributed by atoms with Crippen molar-refractivity contribution < 1.29 is 9.18 Å². The van der Waals surface area contributed by atoms with Gasteiger partial charge in [0.25, 0.3) is 0 Å².